The molecule has 0 saturated heterocycles. The molecule has 0 bridgehead atoms. The maximum absolute atomic E-state index is 11.9. The fraction of sp³-hybridized carbons (Fsp3) is 0.857. The lowest BCUT2D eigenvalue weighted by Crippen LogP contribution is -2.41. The van der Waals surface area contributed by atoms with Crippen LogP contribution in [0.3, 0.4) is 0 Å². The van der Waals surface area contributed by atoms with Crippen LogP contribution < -0.4 is 5.32 Å². The molecule has 122 valence electrons. The van der Waals surface area contributed by atoms with E-state index in [-0.39, 0.29) is 18.1 Å². The predicted octanol–water partition coefficient (Wildman–Crippen LogP) is 2.46. The highest BCUT2D eigenvalue weighted by Gasteiger charge is 2.26. The van der Waals surface area contributed by atoms with Gasteiger partial charge in [-0.2, -0.15) is 4.98 Å². The van der Waals surface area contributed by atoms with Crippen LogP contribution in [0.15, 0.2) is 4.52 Å². The molecule has 0 spiro atoms. The second-order valence-corrected chi connectivity index (χ2v) is 6.00. The topological polar surface area (TPSA) is 60.2 Å². The van der Waals surface area contributed by atoms with Gasteiger partial charge < -0.3 is 14.6 Å². The minimum absolute atomic E-state index is 0.0744. The maximum atomic E-state index is 11.9. The molecule has 0 aliphatic heterocycles. The number of alkyl halides is 2. The molecule has 0 aliphatic rings. The van der Waals surface area contributed by atoms with Gasteiger partial charge in [0.25, 0.3) is 6.43 Å². The molecule has 1 aromatic rings. The van der Waals surface area contributed by atoms with Crippen LogP contribution in [-0.2, 0) is 17.6 Å². The minimum Gasteiger partial charge on any atom is -0.375 e. The summed E-state index contributed by atoms with van der Waals surface area (Å²) in [6, 6.07) is 0.228. The molecule has 1 unspecified atom stereocenters. The van der Waals surface area contributed by atoms with Crippen molar-refractivity contribution in [2.24, 2.45) is 5.41 Å². The van der Waals surface area contributed by atoms with Gasteiger partial charge in [0.15, 0.2) is 5.82 Å². The van der Waals surface area contributed by atoms with Gasteiger partial charge in [-0.3, -0.25) is 0 Å². The predicted molar refractivity (Wildman–Crippen MR) is 75.4 cm³/mol. The van der Waals surface area contributed by atoms with E-state index in [1.807, 2.05) is 0 Å². The number of halogens is 2. The first kappa shape index (κ1) is 18.0. The highest BCUT2D eigenvalue weighted by Crippen LogP contribution is 2.22. The monoisotopic (exact) mass is 305 g/mol. The number of nitrogens with zero attached hydrogens (tertiary/aromatic N) is 2. The zero-order chi connectivity index (χ0) is 15.9. The van der Waals surface area contributed by atoms with Crippen molar-refractivity contribution in [3.63, 3.8) is 0 Å². The van der Waals surface area contributed by atoms with E-state index in [9.17, 15) is 8.78 Å². The molecular formula is C14H25F2N3O2. The molecule has 0 saturated carbocycles. The Morgan fingerprint density at radius 3 is 2.62 bits per heavy atom. The van der Waals surface area contributed by atoms with Crippen LogP contribution >= 0.6 is 0 Å². The quantitative estimate of drug-likeness (QED) is 0.710. The molecule has 0 amide bonds. The van der Waals surface area contributed by atoms with Crippen LogP contribution in [0.4, 0.5) is 8.78 Å². The van der Waals surface area contributed by atoms with E-state index in [0.29, 0.717) is 24.6 Å². The molecule has 7 heteroatoms. The summed E-state index contributed by atoms with van der Waals surface area (Å²) in [6.45, 7) is 8.97. The highest BCUT2D eigenvalue weighted by atomic mass is 19.3. The molecule has 1 N–H and O–H groups in total. The van der Waals surface area contributed by atoms with Crippen molar-refractivity contribution in [3.8, 4) is 0 Å². The van der Waals surface area contributed by atoms with E-state index >= 15 is 0 Å². The number of rotatable bonds is 9. The second-order valence-electron chi connectivity index (χ2n) is 6.00. The van der Waals surface area contributed by atoms with Crippen molar-refractivity contribution in [1.82, 2.24) is 15.5 Å². The first-order valence-corrected chi connectivity index (χ1v) is 7.23. The Labute approximate surface area is 124 Å². The zero-order valence-corrected chi connectivity index (χ0v) is 13.2. The van der Waals surface area contributed by atoms with Crippen molar-refractivity contribution in [2.75, 3.05) is 19.8 Å². The van der Waals surface area contributed by atoms with E-state index < -0.39 is 13.0 Å². The third kappa shape index (κ3) is 6.95. The Balaban J connectivity index is 2.46. The molecule has 0 aliphatic carbocycles. The van der Waals surface area contributed by atoms with E-state index in [2.05, 4.69) is 43.2 Å². The van der Waals surface area contributed by atoms with E-state index in [1.54, 1.807) is 0 Å². The first-order valence-electron chi connectivity index (χ1n) is 7.23. The Morgan fingerprint density at radius 2 is 2.05 bits per heavy atom. The van der Waals surface area contributed by atoms with Gasteiger partial charge in [-0.1, -0.05) is 32.9 Å². The molecule has 0 radical (unpaired) electrons. The van der Waals surface area contributed by atoms with E-state index in [1.165, 1.54) is 0 Å². The summed E-state index contributed by atoms with van der Waals surface area (Å²) in [4.78, 5) is 4.28. The molecule has 1 aromatic heterocycles. The van der Waals surface area contributed by atoms with E-state index in [0.717, 1.165) is 6.54 Å². The van der Waals surface area contributed by atoms with Gasteiger partial charge in [-0.25, -0.2) is 8.78 Å². The molecule has 5 nitrogen and oxygen atoms in total. The number of nitrogens with one attached hydrogen (secondary N) is 1. The lowest BCUT2D eigenvalue weighted by Gasteiger charge is -2.30. The van der Waals surface area contributed by atoms with Gasteiger partial charge in [-0.05, 0) is 12.0 Å². The van der Waals surface area contributed by atoms with Crippen molar-refractivity contribution in [2.45, 2.75) is 53.0 Å². The SMILES string of the molecule is CCNC(Cc1nc(CCOCC(F)F)no1)C(C)(C)C. The third-order valence-corrected chi connectivity index (χ3v) is 3.10. The molecule has 0 fully saturated rings. The van der Waals surface area contributed by atoms with Gasteiger partial charge >= 0.3 is 0 Å². The van der Waals surface area contributed by atoms with E-state index in [4.69, 9.17) is 9.26 Å². The lowest BCUT2D eigenvalue weighted by molar-refractivity contribution is 0.0182. The fourth-order valence-electron chi connectivity index (χ4n) is 1.92. The third-order valence-electron chi connectivity index (χ3n) is 3.10. The van der Waals surface area contributed by atoms with Crippen LogP contribution in [0.25, 0.3) is 0 Å². The molecule has 1 atom stereocenters. The lowest BCUT2D eigenvalue weighted by atomic mass is 9.84. The smallest absolute Gasteiger partial charge is 0.261 e. The number of hydrogen-bond donors (Lipinski definition) is 1. The molecule has 1 heterocycles. The van der Waals surface area contributed by atoms with Gasteiger partial charge in [-0.15, -0.1) is 0 Å². The van der Waals surface area contributed by atoms with Gasteiger partial charge in [0.05, 0.1) is 6.61 Å². The van der Waals surface area contributed by atoms with Crippen LogP contribution in [0.2, 0.25) is 0 Å². The van der Waals surface area contributed by atoms with Gasteiger partial charge in [0.2, 0.25) is 5.89 Å². The Bertz CT molecular complexity index is 405. The molecular weight excluding hydrogens is 280 g/mol. The second kappa shape index (κ2) is 8.38. The summed E-state index contributed by atoms with van der Waals surface area (Å²) < 4.78 is 33.8. The Hall–Kier alpha value is -1.08. The number of hydrogen-bond acceptors (Lipinski definition) is 5. The van der Waals surface area contributed by atoms with Crippen molar-refractivity contribution in [1.29, 1.82) is 0 Å². The van der Waals surface area contributed by atoms with Gasteiger partial charge in [0.1, 0.15) is 6.61 Å². The largest absolute Gasteiger partial charge is 0.375 e. The van der Waals surface area contributed by atoms with Crippen molar-refractivity contribution in [3.05, 3.63) is 11.7 Å². The molecule has 21 heavy (non-hydrogen) atoms. The summed E-state index contributed by atoms with van der Waals surface area (Å²) >= 11 is 0. The maximum Gasteiger partial charge on any atom is 0.261 e. The normalized spacial score (nSPS) is 13.9. The summed E-state index contributed by atoms with van der Waals surface area (Å²) in [7, 11) is 0. The average molecular weight is 305 g/mol. The number of likely N-dealkylation sites (N-methyl/N-ethyl adjacent to an activating group) is 1. The van der Waals surface area contributed by atoms with Crippen LogP contribution in [-0.4, -0.2) is 42.4 Å². The number of ether oxygens (including phenoxy) is 1. The molecule has 0 aromatic carbocycles. The number of aromatic nitrogens is 2. The zero-order valence-electron chi connectivity index (χ0n) is 13.2. The molecule has 1 rings (SSSR count). The minimum atomic E-state index is -2.45. The van der Waals surface area contributed by atoms with Crippen LogP contribution in [0, 0.1) is 5.41 Å². The highest BCUT2D eigenvalue weighted by molar-refractivity contribution is 4.93. The van der Waals surface area contributed by atoms with Crippen LogP contribution in [0.1, 0.15) is 39.4 Å². The summed E-state index contributed by atoms with van der Waals surface area (Å²) in [5.74, 6) is 1.04. The Morgan fingerprint density at radius 1 is 1.33 bits per heavy atom. The summed E-state index contributed by atoms with van der Waals surface area (Å²) in [6.07, 6.45) is -1.43. The van der Waals surface area contributed by atoms with Crippen molar-refractivity contribution < 1.29 is 18.0 Å². The van der Waals surface area contributed by atoms with Gasteiger partial charge in [0, 0.05) is 18.9 Å². The Kier molecular flexibility index (Phi) is 7.17. The van der Waals surface area contributed by atoms with Crippen LogP contribution in [0.5, 0.6) is 0 Å². The average Bonchev–Trinajstić information content (AvgIpc) is 2.80. The summed E-state index contributed by atoms with van der Waals surface area (Å²) in [5, 5.41) is 7.26. The first-order chi connectivity index (χ1) is 9.82. The summed E-state index contributed by atoms with van der Waals surface area (Å²) in [5.41, 5.74) is 0.0744. The van der Waals surface area contributed by atoms with Crippen molar-refractivity contribution >= 4 is 0 Å². The standard InChI is InChI=1S/C14H25F2N3O2/c1-5-17-10(14(2,3)4)8-13-18-12(19-21-13)6-7-20-9-11(15)16/h10-11,17H,5-9H2,1-4H3. The fourth-order valence-corrected chi connectivity index (χ4v) is 1.92.